The van der Waals surface area contributed by atoms with Crippen molar-refractivity contribution in [3.8, 4) is 12.3 Å². The summed E-state index contributed by atoms with van der Waals surface area (Å²) in [5.74, 6) is 4.52. The normalized spacial score (nSPS) is 14.5. The molecule has 3 aromatic heterocycles. The average Bonchev–Trinajstić information content (AvgIpc) is 3.23. The molecule has 0 radical (unpaired) electrons. The van der Waals surface area contributed by atoms with Crippen LogP contribution in [-0.2, 0) is 0 Å². The smallest absolute Gasteiger partial charge is 0.317 e. The first-order valence-electron chi connectivity index (χ1n) is 10.8. The van der Waals surface area contributed by atoms with Gasteiger partial charge in [0.1, 0.15) is 11.5 Å². The van der Waals surface area contributed by atoms with Crippen LogP contribution >= 0.6 is 0 Å². The summed E-state index contributed by atoms with van der Waals surface area (Å²) >= 11 is 0. The largest absolute Gasteiger partial charge is 0.337 e. The maximum Gasteiger partial charge on any atom is 0.317 e. The predicted molar refractivity (Wildman–Crippen MR) is 126 cm³/mol. The molecule has 3 aromatic rings. The van der Waals surface area contributed by atoms with Crippen molar-refractivity contribution in [3.63, 3.8) is 0 Å². The molecule has 1 atom stereocenters. The Kier molecular flexibility index (Phi) is 6.40. The fraction of sp³-hybridized carbons (Fsp3) is 0.348. The number of nitrogens with one attached hydrogen (secondary N) is 3. The summed E-state index contributed by atoms with van der Waals surface area (Å²) in [7, 11) is 0. The molecule has 3 N–H and O–H groups in total. The van der Waals surface area contributed by atoms with E-state index in [2.05, 4.69) is 46.6 Å². The minimum atomic E-state index is -0.172. The van der Waals surface area contributed by atoms with Gasteiger partial charge in [0, 0.05) is 55.9 Å². The van der Waals surface area contributed by atoms with Crippen LogP contribution in [0.3, 0.4) is 0 Å². The molecule has 0 saturated carbocycles. The summed E-state index contributed by atoms with van der Waals surface area (Å²) < 4.78 is 0. The Morgan fingerprint density at radius 2 is 1.94 bits per heavy atom. The van der Waals surface area contributed by atoms with Crippen LogP contribution in [-0.4, -0.2) is 62.3 Å². The number of hydrogen-bond donors (Lipinski definition) is 3. The van der Waals surface area contributed by atoms with Crippen LogP contribution in [0.5, 0.6) is 0 Å². The lowest BCUT2D eigenvalue weighted by molar-refractivity contribution is 0.191. The SMILES string of the molecule is C#Cc1ccc(C(C)NC(=O)N2CCN(c3nc(C)cc(Nc4cc(C)[nH]n4)n3)CC2)cn1. The quantitative estimate of drug-likeness (QED) is 0.517. The lowest BCUT2D eigenvalue weighted by Crippen LogP contribution is -2.52. The van der Waals surface area contributed by atoms with Crippen LogP contribution in [0, 0.1) is 26.2 Å². The van der Waals surface area contributed by atoms with Crippen LogP contribution in [0.2, 0.25) is 0 Å². The first kappa shape index (κ1) is 22.1. The minimum Gasteiger partial charge on any atom is -0.337 e. The van der Waals surface area contributed by atoms with Crippen LogP contribution in [0.25, 0.3) is 0 Å². The summed E-state index contributed by atoms with van der Waals surface area (Å²) in [5.41, 5.74) is 3.30. The third kappa shape index (κ3) is 5.38. The van der Waals surface area contributed by atoms with Gasteiger partial charge in [-0.3, -0.25) is 5.10 Å². The lowest BCUT2D eigenvalue weighted by Gasteiger charge is -2.35. The number of piperazine rings is 1. The average molecular weight is 446 g/mol. The lowest BCUT2D eigenvalue weighted by atomic mass is 10.1. The Labute approximate surface area is 192 Å². The highest BCUT2D eigenvalue weighted by molar-refractivity contribution is 5.75. The van der Waals surface area contributed by atoms with Gasteiger partial charge in [0.25, 0.3) is 0 Å². The van der Waals surface area contributed by atoms with Gasteiger partial charge in [0.2, 0.25) is 5.95 Å². The number of anilines is 3. The van der Waals surface area contributed by atoms with Gasteiger partial charge < -0.3 is 20.4 Å². The van der Waals surface area contributed by atoms with Crippen molar-refractivity contribution in [1.82, 2.24) is 35.4 Å². The van der Waals surface area contributed by atoms with Crippen molar-refractivity contribution in [3.05, 3.63) is 53.1 Å². The summed E-state index contributed by atoms with van der Waals surface area (Å²) in [6, 6.07) is 7.17. The van der Waals surface area contributed by atoms with E-state index in [1.165, 1.54) is 0 Å². The van der Waals surface area contributed by atoms with E-state index in [1.54, 1.807) is 17.2 Å². The number of terminal acetylenes is 1. The van der Waals surface area contributed by atoms with Crippen molar-refractivity contribution in [1.29, 1.82) is 0 Å². The van der Waals surface area contributed by atoms with Crippen molar-refractivity contribution in [2.24, 2.45) is 0 Å². The van der Waals surface area contributed by atoms with E-state index in [-0.39, 0.29) is 12.1 Å². The van der Waals surface area contributed by atoms with Crippen LogP contribution in [0.1, 0.15) is 35.6 Å². The van der Waals surface area contributed by atoms with Gasteiger partial charge in [-0.05, 0) is 32.4 Å². The highest BCUT2D eigenvalue weighted by Crippen LogP contribution is 2.19. The number of aryl methyl sites for hydroxylation is 2. The first-order valence-corrected chi connectivity index (χ1v) is 10.8. The molecule has 1 saturated heterocycles. The molecule has 1 aliphatic rings. The molecule has 10 heteroatoms. The highest BCUT2D eigenvalue weighted by Gasteiger charge is 2.24. The number of aromatic nitrogens is 5. The highest BCUT2D eigenvalue weighted by atomic mass is 16.2. The fourth-order valence-electron chi connectivity index (χ4n) is 3.59. The molecule has 33 heavy (non-hydrogen) atoms. The summed E-state index contributed by atoms with van der Waals surface area (Å²) in [6.07, 6.45) is 7.05. The minimum absolute atomic E-state index is 0.107. The number of aromatic amines is 1. The van der Waals surface area contributed by atoms with E-state index in [4.69, 9.17) is 6.42 Å². The number of H-pyrrole nitrogens is 1. The zero-order valence-corrected chi connectivity index (χ0v) is 19.0. The monoisotopic (exact) mass is 445 g/mol. The molecule has 0 aromatic carbocycles. The number of carbonyl (C=O) groups excluding carboxylic acids is 1. The number of hydrogen-bond acceptors (Lipinski definition) is 7. The van der Waals surface area contributed by atoms with E-state index in [9.17, 15) is 4.79 Å². The summed E-state index contributed by atoms with van der Waals surface area (Å²) in [4.78, 5) is 30.1. The Morgan fingerprint density at radius 1 is 1.15 bits per heavy atom. The molecule has 4 rings (SSSR count). The molecule has 1 unspecified atom stereocenters. The molecule has 1 fully saturated rings. The molecular formula is C23H27N9O. The van der Waals surface area contributed by atoms with Crippen molar-refractivity contribution in [2.45, 2.75) is 26.8 Å². The third-order valence-corrected chi connectivity index (χ3v) is 5.43. The molecule has 4 heterocycles. The second kappa shape index (κ2) is 9.56. The second-order valence-corrected chi connectivity index (χ2v) is 8.02. The predicted octanol–water partition coefficient (Wildman–Crippen LogP) is 2.53. The topological polar surface area (TPSA) is 115 Å². The summed E-state index contributed by atoms with van der Waals surface area (Å²) in [5, 5.41) is 13.3. The second-order valence-electron chi connectivity index (χ2n) is 8.02. The van der Waals surface area contributed by atoms with Crippen molar-refractivity contribution >= 4 is 23.6 Å². The number of amides is 2. The number of nitrogens with zero attached hydrogens (tertiary/aromatic N) is 6. The third-order valence-electron chi connectivity index (χ3n) is 5.43. The van der Waals surface area contributed by atoms with E-state index >= 15 is 0 Å². The molecule has 2 amide bonds. The van der Waals surface area contributed by atoms with Gasteiger partial charge in [-0.1, -0.05) is 12.0 Å². The van der Waals surface area contributed by atoms with Crippen molar-refractivity contribution < 1.29 is 4.79 Å². The molecule has 0 aliphatic carbocycles. The Bertz CT molecular complexity index is 1160. The van der Waals surface area contributed by atoms with E-state index < -0.39 is 0 Å². The van der Waals surface area contributed by atoms with Gasteiger partial charge in [0.05, 0.1) is 6.04 Å². The molecule has 0 bridgehead atoms. The standard InChI is InChI=1S/C23H27N9O/c1-5-19-7-6-18(14-24-19)17(4)26-23(33)32-10-8-31(9-11-32)22-25-15(2)12-20(28-22)27-21-13-16(3)29-30-21/h1,6-7,12-14,17H,8-11H2,2-4H3,(H,26,33)(H2,25,27,28,29,30). The van der Waals surface area contributed by atoms with Gasteiger partial charge in [0.15, 0.2) is 5.82 Å². The first-order chi connectivity index (χ1) is 15.9. The Morgan fingerprint density at radius 3 is 2.58 bits per heavy atom. The van der Waals surface area contributed by atoms with E-state index in [0.717, 1.165) is 17.0 Å². The number of carbonyl (C=O) groups is 1. The Hall–Kier alpha value is -4.13. The fourth-order valence-corrected chi connectivity index (χ4v) is 3.59. The van der Waals surface area contributed by atoms with E-state index in [0.29, 0.717) is 49.5 Å². The molecule has 170 valence electrons. The Balaban J connectivity index is 1.34. The maximum atomic E-state index is 12.8. The zero-order valence-electron chi connectivity index (χ0n) is 19.0. The summed E-state index contributed by atoms with van der Waals surface area (Å²) in [6.45, 7) is 8.24. The van der Waals surface area contributed by atoms with Crippen LogP contribution in [0.15, 0.2) is 30.5 Å². The number of pyridine rings is 1. The van der Waals surface area contributed by atoms with Gasteiger partial charge in [-0.2, -0.15) is 10.1 Å². The van der Waals surface area contributed by atoms with Crippen LogP contribution in [0.4, 0.5) is 22.4 Å². The zero-order chi connectivity index (χ0) is 23.4. The van der Waals surface area contributed by atoms with Gasteiger partial charge >= 0.3 is 6.03 Å². The molecule has 1 aliphatic heterocycles. The van der Waals surface area contributed by atoms with E-state index in [1.807, 2.05) is 39.0 Å². The molecule has 10 nitrogen and oxygen atoms in total. The number of rotatable bonds is 5. The van der Waals surface area contributed by atoms with Gasteiger partial charge in [-0.15, -0.1) is 6.42 Å². The maximum absolute atomic E-state index is 12.8. The van der Waals surface area contributed by atoms with Gasteiger partial charge in [-0.25, -0.2) is 14.8 Å². The molecular weight excluding hydrogens is 418 g/mol. The number of urea groups is 1. The van der Waals surface area contributed by atoms with Crippen LogP contribution < -0.4 is 15.5 Å². The molecule has 0 spiro atoms. The van der Waals surface area contributed by atoms with Crippen molar-refractivity contribution in [2.75, 3.05) is 36.4 Å².